The van der Waals surface area contributed by atoms with Crippen molar-refractivity contribution in [2.45, 2.75) is 32.2 Å². The monoisotopic (exact) mass is 462 g/mol. The molecule has 0 saturated carbocycles. The molecule has 0 radical (unpaired) electrons. The van der Waals surface area contributed by atoms with Crippen molar-refractivity contribution in [2.24, 2.45) is 0 Å². The Labute approximate surface area is 200 Å². The molecule has 2 N–H and O–H groups in total. The van der Waals surface area contributed by atoms with Gasteiger partial charge >= 0.3 is 0 Å². The first-order chi connectivity index (χ1) is 16.4. The van der Waals surface area contributed by atoms with Crippen LogP contribution in [0, 0.1) is 19.3 Å². The first kappa shape index (κ1) is 23.8. The van der Waals surface area contributed by atoms with Gasteiger partial charge in [-0.05, 0) is 30.2 Å². The van der Waals surface area contributed by atoms with Gasteiger partial charge in [0.2, 0.25) is 11.8 Å². The molecule has 2 aliphatic heterocycles. The third-order valence-electron chi connectivity index (χ3n) is 6.15. The average Bonchev–Trinajstić information content (AvgIpc) is 2.81. The number of amides is 2. The fourth-order valence-corrected chi connectivity index (χ4v) is 4.39. The largest absolute Gasteiger partial charge is 0.508 e. The third-order valence-corrected chi connectivity index (χ3v) is 6.15. The van der Waals surface area contributed by atoms with Crippen molar-refractivity contribution in [3.05, 3.63) is 65.2 Å². The quantitative estimate of drug-likeness (QED) is 0.454. The number of phenols is 1. The van der Waals surface area contributed by atoms with Crippen LogP contribution in [0.1, 0.15) is 16.7 Å². The van der Waals surface area contributed by atoms with Gasteiger partial charge in [0.15, 0.2) is 0 Å². The number of phenolic OH excluding ortho intramolecular Hbond substituents is 1. The van der Waals surface area contributed by atoms with Crippen LogP contribution in [0.5, 0.6) is 5.75 Å². The van der Waals surface area contributed by atoms with Gasteiger partial charge in [0, 0.05) is 13.0 Å². The summed E-state index contributed by atoms with van der Waals surface area (Å²) < 4.78 is 5.83. The lowest BCUT2D eigenvalue weighted by atomic mass is 9.99. The number of rotatable bonds is 8. The molecule has 2 aromatic carbocycles. The highest BCUT2D eigenvalue weighted by Gasteiger charge is 2.46. The number of piperazine rings is 1. The molecule has 2 fully saturated rings. The van der Waals surface area contributed by atoms with Crippen LogP contribution in [0.3, 0.4) is 0 Å². The summed E-state index contributed by atoms with van der Waals surface area (Å²) in [5.74, 6) is 2.48. The zero-order chi connectivity index (χ0) is 24.1. The summed E-state index contributed by atoms with van der Waals surface area (Å²) >= 11 is 0. The van der Waals surface area contributed by atoms with Crippen molar-refractivity contribution >= 4 is 11.8 Å². The first-order valence-corrected chi connectivity index (χ1v) is 11.4. The molecule has 0 aromatic heterocycles. The molecule has 4 rings (SSSR count). The van der Waals surface area contributed by atoms with Crippen LogP contribution in [0.15, 0.2) is 48.5 Å². The Morgan fingerprint density at radius 1 is 1.12 bits per heavy atom. The number of hydrogen-bond acceptors (Lipinski definition) is 6. The fraction of sp³-hybridized carbons (Fsp3) is 0.385. The van der Waals surface area contributed by atoms with E-state index in [9.17, 15) is 14.7 Å². The molecule has 0 bridgehead atoms. The number of fused-ring (bicyclic) bond motifs is 1. The third kappa shape index (κ3) is 5.57. The van der Waals surface area contributed by atoms with Crippen LogP contribution in [0.2, 0.25) is 0 Å². The van der Waals surface area contributed by atoms with Gasteiger partial charge in [-0.25, -0.2) is 10.4 Å². The number of terminal acetylenes is 1. The summed E-state index contributed by atoms with van der Waals surface area (Å²) in [5, 5.41) is 11.3. The molecular formula is C26H30N4O4. The molecule has 2 heterocycles. The van der Waals surface area contributed by atoms with Gasteiger partial charge in [-0.15, -0.1) is 6.42 Å². The standard InChI is InChI=1S/C26H30N4O4/c1-3-12-29-17-25(32)30-23(15-20-8-10-22(31)11-9-20)26(33)28(16-24(30)27-29)13-14-34-18-21-6-4-19(2)5-7-21/h1,4-11,23-24,27,31H,12-18H2,2H3/t23-,24+/m0/s1. The lowest BCUT2D eigenvalue weighted by Gasteiger charge is -2.50. The molecule has 2 aromatic rings. The molecule has 178 valence electrons. The van der Waals surface area contributed by atoms with E-state index in [1.165, 1.54) is 5.56 Å². The predicted molar refractivity (Wildman–Crippen MR) is 127 cm³/mol. The molecule has 34 heavy (non-hydrogen) atoms. The van der Waals surface area contributed by atoms with Crippen molar-refractivity contribution in [3.63, 3.8) is 0 Å². The Bertz CT molecular complexity index is 1050. The van der Waals surface area contributed by atoms with Crippen LogP contribution in [0.25, 0.3) is 0 Å². The van der Waals surface area contributed by atoms with Crippen molar-refractivity contribution in [1.82, 2.24) is 20.2 Å². The van der Waals surface area contributed by atoms with Crippen molar-refractivity contribution in [3.8, 4) is 18.1 Å². The highest BCUT2D eigenvalue weighted by molar-refractivity contribution is 5.90. The number of nitrogens with one attached hydrogen (secondary N) is 1. The van der Waals surface area contributed by atoms with Gasteiger partial charge in [-0.3, -0.25) is 9.59 Å². The number of hydrazine groups is 1. The van der Waals surface area contributed by atoms with E-state index >= 15 is 0 Å². The number of aryl methyl sites for hydroxylation is 1. The number of aromatic hydroxyl groups is 1. The van der Waals surface area contributed by atoms with Crippen molar-refractivity contribution < 1.29 is 19.4 Å². The van der Waals surface area contributed by atoms with E-state index in [1.54, 1.807) is 39.1 Å². The number of carbonyl (C=O) groups excluding carboxylic acids is 2. The maximum Gasteiger partial charge on any atom is 0.245 e. The van der Waals surface area contributed by atoms with Crippen LogP contribution in [-0.4, -0.2) is 76.7 Å². The molecule has 8 nitrogen and oxygen atoms in total. The summed E-state index contributed by atoms with van der Waals surface area (Å²) in [6, 6.07) is 14.2. The topological polar surface area (TPSA) is 85.4 Å². The number of ether oxygens (including phenoxy) is 1. The molecule has 2 saturated heterocycles. The number of benzene rings is 2. The maximum atomic E-state index is 13.5. The minimum atomic E-state index is -0.645. The van der Waals surface area contributed by atoms with Gasteiger partial charge in [0.1, 0.15) is 18.0 Å². The van der Waals surface area contributed by atoms with E-state index in [0.29, 0.717) is 39.3 Å². The maximum absolute atomic E-state index is 13.5. The lowest BCUT2D eigenvalue weighted by Crippen LogP contribution is -2.74. The summed E-state index contributed by atoms with van der Waals surface area (Å²) in [5.41, 5.74) is 6.45. The van der Waals surface area contributed by atoms with Crippen molar-refractivity contribution in [1.29, 1.82) is 0 Å². The zero-order valence-corrected chi connectivity index (χ0v) is 19.3. The van der Waals surface area contributed by atoms with Crippen LogP contribution in [0.4, 0.5) is 0 Å². The van der Waals surface area contributed by atoms with Gasteiger partial charge < -0.3 is 19.6 Å². The second-order valence-corrected chi connectivity index (χ2v) is 8.71. The SMILES string of the molecule is C#CCN1CC(=O)N2[C@H](CN(CCOCc3ccc(C)cc3)C(=O)[C@@H]2Cc2ccc(O)cc2)N1. The Kier molecular flexibility index (Phi) is 7.48. The minimum Gasteiger partial charge on any atom is -0.508 e. The lowest BCUT2D eigenvalue weighted by molar-refractivity contribution is -0.168. The van der Waals surface area contributed by atoms with E-state index in [0.717, 1.165) is 11.1 Å². The molecule has 0 unspecified atom stereocenters. The highest BCUT2D eigenvalue weighted by atomic mass is 16.5. The van der Waals surface area contributed by atoms with Gasteiger partial charge in [0.25, 0.3) is 0 Å². The average molecular weight is 463 g/mol. The minimum absolute atomic E-state index is 0.108. The predicted octanol–water partition coefficient (Wildman–Crippen LogP) is 1.28. The molecule has 2 atom stereocenters. The molecule has 0 spiro atoms. The molecule has 2 aliphatic rings. The number of carbonyl (C=O) groups is 2. The Morgan fingerprint density at radius 3 is 2.53 bits per heavy atom. The Hall–Kier alpha value is -3.38. The zero-order valence-electron chi connectivity index (χ0n) is 19.3. The molecule has 8 heteroatoms. The van der Waals surface area contributed by atoms with Crippen LogP contribution < -0.4 is 5.43 Å². The van der Waals surface area contributed by atoms with E-state index in [-0.39, 0.29) is 30.3 Å². The normalized spacial score (nSPS) is 20.8. The van der Waals surface area contributed by atoms with E-state index < -0.39 is 6.04 Å². The first-order valence-electron chi connectivity index (χ1n) is 11.4. The second kappa shape index (κ2) is 10.7. The van der Waals surface area contributed by atoms with E-state index in [1.807, 2.05) is 31.2 Å². The van der Waals surface area contributed by atoms with Crippen LogP contribution >= 0.6 is 0 Å². The molecule has 2 amide bonds. The molecule has 0 aliphatic carbocycles. The Morgan fingerprint density at radius 2 is 1.82 bits per heavy atom. The van der Waals surface area contributed by atoms with Crippen LogP contribution in [-0.2, 0) is 27.4 Å². The summed E-state index contributed by atoms with van der Waals surface area (Å²) in [6.45, 7) is 4.09. The fourth-order valence-electron chi connectivity index (χ4n) is 4.39. The number of hydrogen-bond donors (Lipinski definition) is 2. The van der Waals surface area contributed by atoms with Gasteiger partial charge in [-0.1, -0.05) is 47.9 Å². The Balaban J connectivity index is 1.45. The van der Waals surface area contributed by atoms with E-state index in [2.05, 4.69) is 11.3 Å². The van der Waals surface area contributed by atoms with Gasteiger partial charge in [0.05, 0.1) is 32.8 Å². The number of nitrogens with zero attached hydrogens (tertiary/aromatic N) is 3. The summed E-state index contributed by atoms with van der Waals surface area (Å²) in [6.07, 6.45) is 5.43. The van der Waals surface area contributed by atoms with E-state index in [4.69, 9.17) is 11.2 Å². The summed E-state index contributed by atoms with van der Waals surface area (Å²) in [4.78, 5) is 29.9. The highest BCUT2D eigenvalue weighted by Crippen LogP contribution is 2.23. The smallest absolute Gasteiger partial charge is 0.245 e. The summed E-state index contributed by atoms with van der Waals surface area (Å²) in [7, 11) is 0. The molecular weight excluding hydrogens is 432 g/mol. The van der Waals surface area contributed by atoms with Crippen molar-refractivity contribution in [2.75, 3.05) is 32.8 Å². The van der Waals surface area contributed by atoms with Gasteiger partial charge in [-0.2, -0.15) is 0 Å². The second-order valence-electron chi connectivity index (χ2n) is 8.71.